The Morgan fingerprint density at radius 3 is 2.91 bits per heavy atom. The standard InChI is InChI=1S/C18H24N2O2/c1-19-10-7-16(8-11-19)20(2)18(21)6-4-14-3-5-17-15(13-14)9-12-22-17/h3-6,13,16H,7-12H2,1-2H3. The van der Waals surface area contributed by atoms with E-state index in [9.17, 15) is 4.79 Å². The Labute approximate surface area is 132 Å². The highest BCUT2D eigenvalue weighted by atomic mass is 16.5. The van der Waals surface area contributed by atoms with E-state index in [1.807, 2.05) is 30.2 Å². The number of likely N-dealkylation sites (tertiary alicyclic amines) is 1. The number of ether oxygens (including phenoxy) is 1. The Balaban J connectivity index is 1.61. The van der Waals surface area contributed by atoms with Crippen LogP contribution in [0.4, 0.5) is 0 Å². The van der Waals surface area contributed by atoms with Crippen molar-refractivity contribution in [2.75, 3.05) is 33.8 Å². The molecule has 2 aliphatic rings. The van der Waals surface area contributed by atoms with Crippen molar-refractivity contribution in [1.82, 2.24) is 9.80 Å². The second-order valence-corrected chi connectivity index (χ2v) is 6.28. The first kappa shape index (κ1) is 15.1. The smallest absolute Gasteiger partial charge is 0.246 e. The van der Waals surface area contributed by atoms with Gasteiger partial charge < -0.3 is 14.5 Å². The number of rotatable bonds is 3. The molecule has 3 rings (SSSR count). The first-order chi connectivity index (χ1) is 10.6. The fourth-order valence-corrected chi connectivity index (χ4v) is 3.16. The number of carbonyl (C=O) groups excluding carboxylic acids is 1. The maximum atomic E-state index is 12.3. The quantitative estimate of drug-likeness (QED) is 0.802. The van der Waals surface area contributed by atoms with Gasteiger partial charge in [0, 0.05) is 25.6 Å². The lowest BCUT2D eigenvalue weighted by Gasteiger charge is -2.34. The van der Waals surface area contributed by atoms with Crippen LogP contribution in [0.2, 0.25) is 0 Å². The van der Waals surface area contributed by atoms with E-state index in [0.29, 0.717) is 6.04 Å². The first-order valence-electron chi connectivity index (χ1n) is 8.02. The fourth-order valence-electron chi connectivity index (χ4n) is 3.16. The zero-order valence-corrected chi connectivity index (χ0v) is 13.4. The minimum absolute atomic E-state index is 0.0892. The number of fused-ring (bicyclic) bond motifs is 1. The summed E-state index contributed by atoms with van der Waals surface area (Å²) in [5.74, 6) is 1.07. The van der Waals surface area contributed by atoms with E-state index in [4.69, 9.17) is 4.74 Å². The van der Waals surface area contributed by atoms with Crippen LogP contribution >= 0.6 is 0 Å². The SMILES string of the molecule is CN1CCC(N(C)C(=O)C=Cc2ccc3c(c2)CCO3)CC1. The van der Waals surface area contributed by atoms with Crippen LogP contribution in [0.5, 0.6) is 5.75 Å². The van der Waals surface area contributed by atoms with E-state index in [-0.39, 0.29) is 5.91 Å². The third kappa shape index (κ3) is 3.33. The molecule has 4 heteroatoms. The lowest BCUT2D eigenvalue weighted by atomic mass is 10.0. The van der Waals surface area contributed by atoms with Gasteiger partial charge in [-0.25, -0.2) is 0 Å². The normalized spacial score (nSPS) is 19.2. The van der Waals surface area contributed by atoms with E-state index in [1.54, 1.807) is 6.08 Å². The van der Waals surface area contributed by atoms with Crippen molar-refractivity contribution >= 4 is 12.0 Å². The van der Waals surface area contributed by atoms with Crippen LogP contribution in [0.25, 0.3) is 6.08 Å². The highest BCUT2D eigenvalue weighted by Gasteiger charge is 2.22. The van der Waals surface area contributed by atoms with Crippen molar-refractivity contribution in [1.29, 1.82) is 0 Å². The van der Waals surface area contributed by atoms with E-state index in [2.05, 4.69) is 18.0 Å². The van der Waals surface area contributed by atoms with Gasteiger partial charge in [0.15, 0.2) is 0 Å². The highest BCUT2D eigenvalue weighted by molar-refractivity contribution is 5.91. The average Bonchev–Trinajstić information content (AvgIpc) is 3.00. The number of likely N-dealkylation sites (N-methyl/N-ethyl adjacent to an activating group) is 1. The molecule has 4 nitrogen and oxygen atoms in total. The zero-order chi connectivity index (χ0) is 15.5. The van der Waals surface area contributed by atoms with Gasteiger partial charge in [-0.3, -0.25) is 4.79 Å². The van der Waals surface area contributed by atoms with Crippen LogP contribution in [-0.2, 0) is 11.2 Å². The number of benzene rings is 1. The van der Waals surface area contributed by atoms with Gasteiger partial charge in [-0.15, -0.1) is 0 Å². The van der Waals surface area contributed by atoms with Crippen LogP contribution < -0.4 is 4.74 Å². The molecule has 1 fully saturated rings. The summed E-state index contributed by atoms with van der Waals surface area (Å²) in [5.41, 5.74) is 2.30. The Kier molecular flexibility index (Phi) is 4.48. The zero-order valence-electron chi connectivity index (χ0n) is 13.4. The topological polar surface area (TPSA) is 32.8 Å². The number of hydrogen-bond acceptors (Lipinski definition) is 3. The Hall–Kier alpha value is -1.81. The van der Waals surface area contributed by atoms with Crippen LogP contribution in [0.3, 0.4) is 0 Å². The number of amides is 1. The number of carbonyl (C=O) groups is 1. The molecule has 0 aromatic heterocycles. The molecule has 22 heavy (non-hydrogen) atoms. The van der Waals surface area contributed by atoms with Crippen molar-refractivity contribution in [3.8, 4) is 5.75 Å². The molecule has 1 amide bonds. The molecule has 1 aromatic rings. The second-order valence-electron chi connectivity index (χ2n) is 6.28. The third-order valence-electron chi connectivity index (χ3n) is 4.72. The van der Waals surface area contributed by atoms with Gasteiger partial charge in [-0.2, -0.15) is 0 Å². The summed E-state index contributed by atoms with van der Waals surface area (Å²) in [6, 6.07) is 6.47. The largest absolute Gasteiger partial charge is 0.493 e. The van der Waals surface area contributed by atoms with Crippen LogP contribution in [0.15, 0.2) is 24.3 Å². The van der Waals surface area contributed by atoms with E-state index in [1.165, 1.54) is 5.56 Å². The van der Waals surface area contributed by atoms with Gasteiger partial charge in [0.25, 0.3) is 0 Å². The summed E-state index contributed by atoms with van der Waals surface area (Å²) in [5, 5.41) is 0. The Morgan fingerprint density at radius 1 is 1.36 bits per heavy atom. The van der Waals surface area contributed by atoms with Gasteiger partial charge >= 0.3 is 0 Å². The van der Waals surface area contributed by atoms with E-state index < -0.39 is 0 Å². The fraction of sp³-hybridized carbons (Fsp3) is 0.500. The molecule has 2 heterocycles. The number of nitrogens with zero attached hydrogens (tertiary/aromatic N) is 2. The summed E-state index contributed by atoms with van der Waals surface area (Å²) in [4.78, 5) is 16.5. The van der Waals surface area contributed by atoms with Crippen molar-refractivity contribution in [2.45, 2.75) is 25.3 Å². The molecule has 0 atom stereocenters. The van der Waals surface area contributed by atoms with Crippen molar-refractivity contribution in [3.05, 3.63) is 35.4 Å². The van der Waals surface area contributed by atoms with Crippen LogP contribution in [-0.4, -0.2) is 55.5 Å². The summed E-state index contributed by atoms with van der Waals surface area (Å²) < 4.78 is 5.50. The van der Waals surface area contributed by atoms with Crippen molar-refractivity contribution in [2.24, 2.45) is 0 Å². The molecule has 118 valence electrons. The highest BCUT2D eigenvalue weighted by Crippen LogP contribution is 2.26. The van der Waals surface area contributed by atoms with Crippen molar-refractivity contribution in [3.63, 3.8) is 0 Å². The lowest BCUT2D eigenvalue weighted by Crippen LogP contribution is -2.43. The van der Waals surface area contributed by atoms with Gasteiger partial charge in [0.2, 0.25) is 5.91 Å². The summed E-state index contributed by atoms with van der Waals surface area (Å²) in [6.45, 7) is 2.90. The Bertz CT molecular complexity index is 574. The number of hydrogen-bond donors (Lipinski definition) is 0. The molecule has 0 N–H and O–H groups in total. The molecule has 0 bridgehead atoms. The molecular formula is C18H24N2O2. The molecule has 0 spiro atoms. The second kappa shape index (κ2) is 6.53. The molecule has 1 aromatic carbocycles. The van der Waals surface area contributed by atoms with E-state index in [0.717, 1.165) is 50.3 Å². The third-order valence-corrected chi connectivity index (χ3v) is 4.72. The molecule has 0 unspecified atom stereocenters. The summed E-state index contributed by atoms with van der Waals surface area (Å²) in [6.07, 6.45) is 6.67. The van der Waals surface area contributed by atoms with Gasteiger partial charge in [-0.05, 0) is 62.3 Å². The predicted molar refractivity (Wildman–Crippen MR) is 88.0 cm³/mol. The molecule has 0 radical (unpaired) electrons. The van der Waals surface area contributed by atoms with Crippen molar-refractivity contribution < 1.29 is 9.53 Å². The van der Waals surface area contributed by atoms with Crippen LogP contribution in [0.1, 0.15) is 24.0 Å². The summed E-state index contributed by atoms with van der Waals surface area (Å²) in [7, 11) is 4.05. The van der Waals surface area contributed by atoms with Gasteiger partial charge in [0.1, 0.15) is 5.75 Å². The average molecular weight is 300 g/mol. The maximum absolute atomic E-state index is 12.3. The molecule has 0 aliphatic carbocycles. The number of piperidine rings is 1. The molecule has 0 saturated carbocycles. The minimum Gasteiger partial charge on any atom is -0.493 e. The molecule has 1 saturated heterocycles. The lowest BCUT2D eigenvalue weighted by molar-refractivity contribution is -0.127. The van der Waals surface area contributed by atoms with E-state index >= 15 is 0 Å². The molecular weight excluding hydrogens is 276 g/mol. The first-order valence-corrected chi connectivity index (χ1v) is 8.02. The Morgan fingerprint density at radius 2 is 2.14 bits per heavy atom. The van der Waals surface area contributed by atoms with Gasteiger partial charge in [0.05, 0.1) is 6.61 Å². The van der Waals surface area contributed by atoms with Gasteiger partial charge in [-0.1, -0.05) is 6.07 Å². The monoisotopic (exact) mass is 300 g/mol. The predicted octanol–water partition coefficient (Wildman–Crippen LogP) is 2.19. The maximum Gasteiger partial charge on any atom is 0.246 e. The minimum atomic E-state index is 0.0892. The summed E-state index contributed by atoms with van der Waals surface area (Å²) >= 11 is 0. The molecule has 2 aliphatic heterocycles. The van der Waals surface area contributed by atoms with Crippen LogP contribution in [0, 0.1) is 0 Å².